The number of carbonyl (C=O) groups excluding carboxylic acids is 3. The molecule has 0 unspecified atom stereocenters. The Balaban J connectivity index is 1.90. The molecule has 30 heavy (non-hydrogen) atoms. The minimum absolute atomic E-state index is 0.262. The highest BCUT2D eigenvalue weighted by molar-refractivity contribution is 6.00. The molecule has 0 aliphatic rings. The summed E-state index contributed by atoms with van der Waals surface area (Å²) in [7, 11) is 2.94. The second-order valence-electron chi connectivity index (χ2n) is 6.24. The van der Waals surface area contributed by atoms with Crippen LogP contribution in [0.3, 0.4) is 0 Å². The Hall–Kier alpha value is -3.55. The number of ketones is 1. The van der Waals surface area contributed by atoms with Gasteiger partial charge in [-0.3, -0.25) is 14.4 Å². The Morgan fingerprint density at radius 2 is 1.50 bits per heavy atom. The molecule has 2 aromatic carbocycles. The van der Waals surface area contributed by atoms with E-state index in [0.29, 0.717) is 29.4 Å². The summed E-state index contributed by atoms with van der Waals surface area (Å²) in [4.78, 5) is 36.8. The quantitative estimate of drug-likeness (QED) is 0.470. The van der Waals surface area contributed by atoms with Gasteiger partial charge in [0.2, 0.25) is 5.78 Å². The molecule has 0 aromatic heterocycles. The molecule has 0 bridgehead atoms. The van der Waals surface area contributed by atoms with E-state index < -0.39 is 18.0 Å². The first-order chi connectivity index (χ1) is 14.4. The van der Waals surface area contributed by atoms with Crippen molar-refractivity contribution in [2.45, 2.75) is 20.0 Å². The molecule has 160 valence electrons. The van der Waals surface area contributed by atoms with Crippen LogP contribution < -0.4 is 19.5 Å². The van der Waals surface area contributed by atoms with E-state index in [9.17, 15) is 14.4 Å². The summed E-state index contributed by atoms with van der Waals surface area (Å²) in [5.74, 6) is -0.0567. The fourth-order valence-electron chi connectivity index (χ4n) is 2.60. The highest BCUT2D eigenvalue weighted by Crippen LogP contribution is 2.22. The van der Waals surface area contributed by atoms with Gasteiger partial charge in [-0.25, -0.2) is 0 Å². The molecule has 1 N–H and O–H groups in total. The van der Waals surface area contributed by atoms with Crippen LogP contribution in [0.5, 0.6) is 17.2 Å². The Bertz CT molecular complexity index is 871. The average Bonchev–Trinajstić information content (AvgIpc) is 2.77. The predicted octanol–water partition coefficient (Wildman–Crippen LogP) is 2.65. The standard InChI is InChI=1S/C22H25NO7/c1-5-29-17-8-6-15(7-9-17)21(25)14(2)30-20(24)13-23-22(26)16-10-18(27-3)12-19(11-16)28-4/h6-12,14H,5,13H2,1-4H3,(H,23,26)/t14-/m1/s1. The fraction of sp³-hybridized carbons (Fsp3) is 0.318. The second-order valence-corrected chi connectivity index (χ2v) is 6.24. The van der Waals surface area contributed by atoms with Crippen molar-refractivity contribution in [2.75, 3.05) is 27.4 Å². The first kappa shape index (κ1) is 22.7. The molecule has 0 saturated heterocycles. The van der Waals surface area contributed by atoms with Crippen LogP contribution in [0.25, 0.3) is 0 Å². The van der Waals surface area contributed by atoms with E-state index in [1.165, 1.54) is 33.3 Å². The Morgan fingerprint density at radius 1 is 0.900 bits per heavy atom. The van der Waals surface area contributed by atoms with Crippen LogP contribution in [0.4, 0.5) is 0 Å². The first-order valence-electron chi connectivity index (χ1n) is 9.35. The van der Waals surface area contributed by atoms with Gasteiger partial charge in [0.15, 0.2) is 6.10 Å². The van der Waals surface area contributed by atoms with Gasteiger partial charge >= 0.3 is 5.97 Å². The molecule has 0 aliphatic carbocycles. The maximum absolute atomic E-state index is 12.4. The third-order valence-electron chi connectivity index (χ3n) is 4.13. The second kappa shape index (κ2) is 10.8. The maximum atomic E-state index is 12.4. The highest BCUT2D eigenvalue weighted by Gasteiger charge is 2.20. The van der Waals surface area contributed by atoms with Gasteiger partial charge in [0.25, 0.3) is 5.91 Å². The molecule has 8 nitrogen and oxygen atoms in total. The first-order valence-corrected chi connectivity index (χ1v) is 9.35. The number of amides is 1. The lowest BCUT2D eigenvalue weighted by Gasteiger charge is -2.13. The minimum Gasteiger partial charge on any atom is -0.497 e. The van der Waals surface area contributed by atoms with Gasteiger partial charge in [0, 0.05) is 17.2 Å². The van der Waals surface area contributed by atoms with E-state index in [0.717, 1.165) is 0 Å². The maximum Gasteiger partial charge on any atom is 0.326 e. The lowest BCUT2D eigenvalue weighted by molar-refractivity contribution is -0.145. The van der Waals surface area contributed by atoms with Gasteiger partial charge in [0.1, 0.15) is 23.8 Å². The van der Waals surface area contributed by atoms with E-state index in [1.54, 1.807) is 30.3 Å². The monoisotopic (exact) mass is 415 g/mol. The molecule has 0 fully saturated rings. The van der Waals surface area contributed by atoms with Gasteiger partial charge in [0.05, 0.1) is 20.8 Å². The number of methoxy groups -OCH3 is 2. The van der Waals surface area contributed by atoms with Crippen molar-refractivity contribution in [3.8, 4) is 17.2 Å². The van der Waals surface area contributed by atoms with Gasteiger partial charge < -0.3 is 24.3 Å². The summed E-state index contributed by atoms with van der Waals surface area (Å²) in [6.45, 7) is 3.48. The number of rotatable bonds is 10. The molecule has 0 heterocycles. The topological polar surface area (TPSA) is 100 Å². The van der Waals surface area contributed by atoms with E-state index >= 15 is 0 Å². The third kappa shape index (κ3) is 6.23. The molecule has 0 radical (unpaired) electrons. The number of hydrogen-bond acceptors (Lipinski definition) is 7. The van der Waals surface area contributed by atoms with Crippen molar-refractivity contribution in [2.24, 2.45) is 0 Å². The number of ether oxygens (including phenoxy) is 4. The number of esters is 1. The van der Waals surface area contributed by atoms with Gasteiger partial charge in [-0.1, -0.05) is 0 Å². The zero-order valence-electron chi connectivity index (χ0n) is 17.4. The summed E-state index contributed by atoms with van der Waals surface area (Å²) in [6.07, 6.45) is -0.996. The van der Waals surface area contributed by atoms with Crippen molar-refractivity contribution in [1.82, 2.24) is 5.32 Å². The molecule has 2 aromatic rings. The highest BCUT2D eigenvalue weighted by atomic mass is 16.5. The Morgan fingerprint density at radius 3 is 2.03 bits per heavy atom. The zero-order valence-corrected chi connectivity index (χ0v) is 17.4. The number of benzene rings is 2. The largest absolute Gasteiger partial charge is 0.497 e. The van der Waals surface area contributed by atoms with Crippen molar-refractivity contribution >= 4 is 17.7 Å². The molecule has 1 atom stereocenters. The van der Waals surface area contributed by atoms with Crippen LogP contribution in [0, 0.1) is 0 Å². The predicted molar refractivity (Wildman–Crippen MR) is 109 cm³/mol. The zero-order chi connectivity index (χ0) is 22.1. The fourth-order valence-corrected chi connectivity index (χ4v) is 2.60. The molecule has 0 aliphatic heterocycles. The summed E-state index contributed by atoms with van der Waals surface area (Å²) in [5.41, 5.74) is 0.656. The van der Waals surface area contributed by atoms with Crippen molar-refractivity contribution in [1.29, 1.82) is 0 Å². The van der Waals surface area contributed by atoms with Crippen LogP contribution >= 0.6 is 0 Å². The van der Waals surface area contributed by atoms with Crippen LogP contribution in [0.1, 0.15) is 34.6 Å². The lowest BCUT2D eigenvalue weighted by Crippen LogP contribution is -2.34. The molecule has 2 rings (SSSR count). The van der Waals surface area contributed by atoms with Crippen molar-refractivity contribution < 1.29 is 33.3 Å². The van der Waals surface area contributed by atoms with Crippen LogP contribution in [-0.4, -0.2) is 51.1 Å². The lowest BCUT2D eigenvalue weighted by atomic mass is 10.1. The van der Waals surface area contributed by atoms with Crippen LogP contribution in [0.15, 0.2) is 42.5 Å². The number of hydrogen-bond donors (Lipinski definition) is 1. The van der Waals surface area contributed by atoms with E-state index in [1.807, 2.05) is 6.92 Å². The number of Topliss-reactive ketones (excluding diaryl/α,β-unsaturated/α-hetero) is 1. The summed E-state index contributed by atoms with van der Waals surface area (Å²) in [5, 5.41) is 2.45. The molecular formula is C22H25NO7. The Labute approximate surface area is 175 Å². The third-order valence-corrected chi connectivity index (χ3v) is 4.13. The molecular weight excluding hydrogens is 390 g/mol. The van der Waals surface area contributed by atoms with Crippen LogP contribution in [0.2, 0.25) is 0 Å². The van der Waals surface area contributed by atoms with E-state index in [-0.39, 0.29) is 17.9 Å². The smallest absolute Gasteiger partial charge is 0.326 e. The summed E-state index contributed by atoms with van der Waals surface area (Å²) in [6, 6.07) is 11.2. The summed E-state index contributed by atoms with van der Waals surface area (Å²) >= 11 is 0. The average molecular weight is 415 g/mol. The SMILES string of the molecule is CCOc1ccc(C(=O)[C@@H](C)OC(=O)CNC(=O)c2cc(OC)cc(OC)c2)cc1. The number of carbonyl (C=O) groups is 3. The molecule has 8 heteroatoms. The Kier molecular flexibility index (Phi) is 8.22. The van der Waals surface area contributed by atoms with Crippen molar-refractivity contribution in [3.05, 3.63) is 53.6 Å². The van der Waals surface area contributed by atoms with Crippen LogP contribution in [-0.2, 0) is 9.53 Å². The van der Waals surface area contributed by atoms with E-state index in [4.69, 9.17) is 18.9 Å². The van der Waals surface area contributed by atoms with Crippen molar-refractivity contribution in [3.63, 3.8) is 0 Å². The van der Waals surface area contributed by atoms with Gasteiger partial charge in [-0.05, 0) is 50.2 Å². The van der Waals surface area contributed by atoms with Gasteiger partial charge in [-0.2, -0.15) is 0 Å². The van der Waals surface area contributed by atoms with Gasteiger partial charge in [-0.15, -0.1) is 0 Å². The normalized spacial score (nSPS) is 11.2. The summed E-state index contributed by atoms with van der Waals surface area (Å²) < 4.78 is 20.7. The number of nitrogens with one attached hydrogen (secondary N) is 1. The van der Waals surface area contributed by atoms with E-state index in [2.05, 4.69) is 5.32 Å². The minimum atomic E-state index is -0.996. The molecule has 0 spiro atoms. The molecule has 0 saturated carbocycles. The molecule has 1 amide bonds.